The van der Waals surface area contributed by atoms with Crippen LogP contribution >= 0.6 is 0 Å². The molecule has 2 heterocycles. The maximum atomic E-state index is 13.0. The number of anilines is 1. The Kier molecular flexibility index (Phi) is 6.37. The van der Waals surface area contributed by atoms with Gasteiger partial charge in [-0.2, -0.15) is 0 Å². The first kappa shape index (κ1) is 22.9. The molecule has 2 aliphatic rings. The fourth-order valence-corrected chi connectivity index (χ4v) is 8.01. The first-order valence-corrected chi connectivity index (χ1v) is 13.0. The number of rotatable bonds is 4. The van der Waals surface area contributed by atoms with Gasteiger partial charge in [-0.3, -0.25) is 0 Å². The molecule has 32 heavy (non-hydrogen) atoms. The summed E-state index contributed by atoms with van der Waals surface area (Å²) in [6.07, 6.45) is 3.80. The first-order chi connectivity index (χ1) is 15.1. The second-order valence-corrected chi connectivity index (χ2v) is 13.5. The molecule has 0 saturated carbocycles. The van der Waals surface area contributed by atoms with Crippen molar-refractivity contribution in [1.29, 1.82) is 0 Å². The Morgan fingerprint density at radius 1 is 1.00 bits per heavy atom. The van der Waals surface area contributed by atoms with Gasteiger partial charge in [-0.05, 0) is 0 Å². The minimum atomic E-state index is -0.480. The van der Waals surface area contributed by atoms with Gasteiger partial charge >= 0.3 is 197 Å². The average Bonchev–Trinajstić information content (AvgIpc) is 3.00. The van der Waals surface area contributed by atoms with Crippen LogP contribution in [0.15, 0.2) is 54.6 Å². The molecule has 2 bridgehead atoms. The Bertz CT molecular complexity index is 972. The zero-order valence-electron chi connectivity index (χ0n) is 19.3. The number of ether oxygens (including phenoxy) is 1. The van der Waals surface area contributed by atoms with Gasteiger partial charge in [-0.15, -0.1) is 0 Å². The molecule has 2 aliphatic heterocycles. The van der Waals surface area contributed by atoms with E-state index in [0.29, 0.717) is 0 Å². The topological polar surface area (TPSA) is 58.6 Å². The van der Waals surface area contributed by atoms with Crippen LogP contribution in [0, 0.1) is 0 Å². The van der Waals surface area contributed by atoms with Gasteiger partial charge in [-0.1, -0.05) is 0 Å². The van der Waals surface area contributed by atoms with Crippen LogP contribution in [0.4, 0.5) is 10.5 Å². The number of hydrogen-bond acceptors (Lipinski definition) is 3. The van der Waals surface area contributed by atoms with E-state index in [2.05, 4.69) is 18.3 Å². The standard InChI is InChI=1S/C26H32N2O3Se/c1-25(2,3)31-24(30)28-19-14-15-20(28)17-26(4,16-19)32-22-13-9-8-12-21(22)23(29)27-18-10-6-5-7-11-18/h5-13,19-20H,14-17H2,1-4H3,(H,27,29). The molecule has 5 nitrogen and oxygen atoms in total. The van der Waals surface area contributed by atoms with Crippen molar-refractivity contribution < 1.29 is 14.3 Å². The number of nitrogens with zero attached hydrogens (tertiary/aromatic N) is 1. The van der Waals surface area contributed by atoms with E-state index >= 15 is 0 Å². The molecule has 0 aromatic heterocycles. The molecule has 0 spiro atoms. The third kappa shape index (κ3) is 5.19. The Morgan fingerprint density at radius 2 is 1.59 bits per heavy atom. The van der Waals surface area contributed by atoms with Gasteiger partial charge in [0.1, 0.15) is 0 Å². The molecule has 0 radical (unpaired) electrons. The van der Waals surface area contributed by atoms with Crippen molar-refractivity contribution >= 4 is 37.1 Å². The number of amides is 2. The van der Waals surface area contributed by atoms with Crippen LogP contribution in [0.25, 0.3) is 0 Å². The fraction of sp³-hybridized carbons (Fsp3) is 0.462. The van der Waals surface area contributed by atoms with Gasteiger partial charge in [0.05, 0.1) is 0 Å². The third-order valence-electron chi connectivity index (χ3n) is 6.08. The summed E-state index contributed by atoms with van der Waals surface area (Å²) in [6.45, 7) is 8.08. The van der Waals surface area contributed by atoms with E-state index in [4.69, 9.17) is 4.74 Å². The summed E-state index contributed by atoms with van der Waals surface area (Å²) in [4.78, 5) is 27.8. The molecular formula is C26H32N2O3Se. The minimum absolute atomic E-state index is 0.0635. The van der Waals surface area contributed by atoms with Crippen molar-refractivity contribution in [1.82, 2.24) is 4.90 Å². The number of benzene rings is 2. The molecular weight excluding hydrogens is 467 g/mol. The summed E-state index contributed by atoms with van der Waals surface area (Å²) in [6, 6.07) is 18.0. The van der Waals surface area contributed by atoms with Crippen LogP contribution in [0.5, 0.6) is 0 Å². The van der Waals surface area contributed by atoms with E-state index in [-0.39, 0.29) is 43.4 Å². The molecule has 2 saturated heterocycles. The Morgan fingerprint density at radius 3 is 2.22 bits per heavy atom. The number of nitrogens with one attached hydrogen (secondary N) is 1. The van der Waals surface area contributed by atoms with Crippen molar-refractivity contribution in [3.8, 4) is 0 Å². The van der Waals surface area contributed by atoms with E-state index in [1.54, 1.807) is 0 Å². The van der Waals surface area contributed by atoms with Crippen molar-refractivity contribution in [2.75, 3.05) is 5.32 Å². The van der Waals surface area contributed by atoms with Gasteiger partial charge in [0.15, 0.2) is 0 Å². The van der Waals surface area contributed by atoms with Crippen molar-refractivity contribution in [2.24, 2.45) is 0 Å². The second kappa shape index (κ2) is 8.91. The Balaban J connectivity index is 1.49. The zero-order valence-corrected chi connectivity index (χ0v) is 21.0. The molecule has 0 aliphatic carbocycles. The number of fused-ring (bicyclic) bond motifs is 2. The first-order valence-electron chi connectivity index (χ1n) is 11.3. The van der Waals surface area contributed by atoms with Crippen molar-refractivity contribution in [2.45, 2.75) is 75.4 Å². The van der Waals surface area contributed by atoms with Crippen molar-refractivity contribution in [3.63, 3.8) is 0 Å². The van der Waals surface area contributed by atoms with Crippen LogP contribution in [-0.4, -0.2) is 49.5 Å². The van der Waals surface area contributed by atoms with E-state index in [9.17, 15) is 9.59 Å². The molecule has 2 amide bonds. The molecule has 6 heteroatoms. The van der Waals surface area contributed by atoms with Crippen LogP contribution < -0.4 is 9.78 Å². The summed E-state index contributed by atoms with van der Waals surface area (Å²) < 4.78 is 6.91. The Labute approximate surface area is 197 Å². The molecule has 2 aromatic carbocycles. The molecule has 2 fully saturated rings. The fourth-order valence-electron chi connectivity index (χ4n) is 4.87. The summed E-state index contributed by atoms with van der Waals surface area (Å²) in [5, 5.41) is 3.02. The van der Waals surface area contributed by atoms with Gasteiger partial charge in [0, 0.05) is 0 Å². The number of hydrogen-bond donors (Lipinski definition) is 1. The average molecular weight is 500 g/mol. The molecule has 4 rings (SSSR count). The maximum absolute atomic E-state index is 13.0. The monoisotopic (exact) mass is 500 g/mol. The normalized spacial score (nSPS) is 24.8. The molecule has 2 aromatic rings. The van der Waals surface area contributed by atoms with E-state index in [1.165, 1.54) is 0 Å². The number of carbonyl (C=O) groups is 2. The molecule has 170 valence electrons. The van der Waals surface area contributed by atoms with Crippen molar-refractivity contribution in [3.05, 3.63) is 60.2 Å². The van der Waals surface area contributed by atoms with Crippen LogP contribution in [0.1, 0.15) is 63.7 Å². The van der Waals surface area contributed by atoms with Gasteiger partial charge in [0.25, 0.3) is 0 Å². The second-order valence-electron chi connectivity index (χ2n) is 10.0. The number of para-hydroxylation sites is 1. The Hall–Kier alpha value is -2.30. The molecule has 2 atom stereocenters. The van der Waals surface area contributed by atoms with Gasteiger partial charge in [-0.25, -0.2) is 0 Å². The third-order valence-corrected chi connectivity index (χ3v) is 9.02. The van der Waals surface area contributed by atoms with Gasteiger partial charge in [0.2, 0.25) is 0 Å². The summed E-state index contributed by atoms with van der Waals surface area (Å²) >= 11 is 0.110. The van der Waals surface area contributed by atoms with Crippen LogP contribution in [0.3, 0.4) is 0 Å². The quantitative estimate of drug-likeness (QED) is 0.602. The van der Waals surface area contributed by atoms with E-state index in [0.717, 1.165) is 41.4 Å². The summed E-state index contributed by atoms with van der Waals surface area (Å²) in [7, 11) is 0. The SMILES string of the molecule is CC(C)(C)OC(=O)N1C2CCC1CC(C)([Se]c1ccccc1C(=O)Nc1ccccc1)C2. The molecule has 2 unspecified atom stereocenters. The van der Waals surface area contributed by atoms with E-state index < -0.39 is 5.60 Å². The number of piperidine rings is 1. The predicted octanol–water partition coefficient (Wildman–Crippen LogP) is 5.01. The molecule has 1 N–H and O–H groups in total. The number of carbonyl (C=O) groups excluding carboxylic acids is 2. The van der Waals surface area contributed by atoms with Crippen LogP contribution in [0.2, 0.25) is 4.31 Å². The van der Waals surface area contributed by atoms with Gasteiger partial charge < -0.3 is 0 Å². The predicted molar refractivity (Wildman–Crippen MR) is 129 cm³/mol. The van der Waals surface area contributed by atoms with E-state index in [1.807, 2.05) is 74.2 Å². The zero-order chi connectivity index (χ0) is 22.9. The summed E-state index contributed by atoms with van der Waals surface area (Å²) in [5.74, 6) is -0.0635. The van der Waals surface area contributed by atoms with Crippen LogP contribution in [-0.2, 0) is 4.74 Å². The summed E-state index contributed by atoms with van der Waals surface area (Å²) in [5.41, 5.74) is 1.07.